The molecule has 0 spiro atoms. The summed E-state index contributed by atoms with van der Waals surface area (Å²) in [6.07, 6.45) is 4.33. The van der Waals surface area contributed by atoms with E-state index in [0.717, 1.165) is 19.3 Å². The van der Waals surface area contributed by atoms with E-state index in [-0.39, 0.29) is 29.0 Å². The minimum atomic E-state index is -3.71. The van der Waals surface area contributed by atoms with Crippen LogP contribution in [0, 0.1) is 0 Å². The first-order valence-electron chi connectivity index (χ1n) is 8.57. The molecule has 1 heterocycles. The van der Waals surface area contributed by atoms with Crippen LogP contribution in [0.5, 0.6) is 0 Å². The molecule has 0 bridgehead atoms. The van der Waals surface area contributed by atoms with Gasteiger partial charge in [-0.2, -0.15) is 4.31 Å². The number of sulfonamides is 1. The third-order valence-electron chi connectivity index (χ3n) is 5.19. The van der Waals surface area contributed by atoms with Crippen LogP contribution in [0.15, 0.2) is 29.2 Å². The Bertz CT molecular complexity index is 847. The van der Waals surface area contributed by atoms with Crippen molar-refractivity contribution >= 4 is 25.6 Å². The number of hydrogen-bond acceptors (Lipinski definition) is 5. The molecule has 2 fully saturated rings. The second-order valence-corrected chi connectivity index (χ2v) is 11.3. The molecule has 0 unspecified atom stereocenters. The zero-order chi connectivity index (χ0) is 18.2. The molecule has 3 rings (SSSR count). The minimum Gasteiger partial charge on any atom is -0.295 e. The van der Waals surface area contributed by atoms with Crippen LogP contribution in [0.25, 0.3) is 0 Å². The van der Waals surface area contributed by atoms with E-state index in [9.17, 15) is 21.6 Å². The summed E-state index contributed by atoms with van der Waals surface area (Å²) < 4.78 is 51.7. The standard InChI is InChI=1S/C17H23NO5S2/c1-13(19)14-7-9-16(10-8-14)25(22,23)18-11-17(12-18)24(20,21)15-5-3-2-4-6-15/h7-10,15,17H,2-6,11-12H2,1H3. The van der Waals surface area contributed by atoms with Crippen LogP contribution in [-0.4, -0.2) is 50.5 Å². The molecule has 1 aliphatic carbocycles. The summed E-state index contributed by atoms with van der Waals surface area (Å²) in [5.41, 5.74) is 0.445. The first-order valence-corrected chi connectivity index (χ1v) is 11.6. The second kappa shape index (κ2) is 6.81. The van der Waals surface area contributed by atoms with Crippen molar-refractivity contribution in [3.63, 3.8) is 0 Å². The van der Waals surface area contributed by atoms with Crippen LogP contribution < -0.4 is 0 Å². The molecule has 25 heavy (non-hydrogen) atoms. The average molecular weight is 386 g/mol. The van der Waals surface area contributed by atoms with Crippen LogP contribution in [0.1, 0.15) is 49.4 Å². The second-order valence-electron chi connectivity index (χ2n) is 6.87. The lowest BCUT2D eigenvalue weighted by molar-refractivity contribution is 0.101. The summed E-state index contributed by atoms with van der Waals surface area (Å²) in [5.74, 6) is -0.133. The van der Waals surface area contributed by atoms with Crippen molar-refractivity contribution in [3.05, 3.63) is 29.8 Å². The van der Waals surface area contributed by atoms with Crippen molar-refractivity contribution < 1.29 is 21.6 Å². The topological polar surface area (TPSA) is 88.6 Å². The number of ketones is 1. The Morgan fingerprint density at radius 3 is 2.00 bits per heavy atom. The van der Waals surface area contributed by atoms with Crippen molar-refractivity contribution in [2.24, 2.45) is 0 Å². The quantitative estimate of drug-likeness (QED) is 0.724. The maximum atomic E-state index is 12.6. The Kier molecular flexibility index (Phi) is 5.05. The molecule has 8 heteroatoms. The number of hydrogen-bond donors (Lipinski definition) is 0. The van der Waals surface area contributed by atoms with Gasteiger partial charge >= 0.3 is 0 Å². The highest BCUT2D eigenvalue weighted by Gasteiger charge is 2.46. The van der Waals surface area contributed by atoms with E-state index < -0.39 is 25.1 Å². The number of sulfone groups is 1. The van der Waals surface area contributed by atoms with E-state index in [4.69, 9.17) is 0 Å². The molecule has 0 atom stereocenters. The highest BCUT2D eigenvalue weighted by molar-refractivity contribution is 7.93. The van der Waals surface area contributed by atoms with E-state index in [1.54, 1.807) is 0 Å². The Hall–Kier alpha value is -1.25. The Morgan fingerprint density at radius 2 is 1.48 bits per heavy atom. The fourth-order valence-corrected chi connectivity index (χ4v) is 7.51. The molecule has 6 nitrogen and oxygen atoms in total. The van der Waals surface area contributed by atoms with E-state index in [1.807, 2.05) is 0 Å². The summed E-state index contributed by atoms with van der Waals surface area (Å²) in [6.45, 7) is 1.46. The number of rotatable bonds is 5. The molecule has 1 aromatic carbocycles. The molecule has 1 saturated heterocycles. The third kappa shape index (κ3) is 3.52. The van der Waals surface area contributed by atoms with E-state index in [2.05, 4.69) is 0 Å². The summed E-state index contributed by atoms with van der Waals surface area (Å²) in [6, 6.07) is 5.75. The zero-order valence-corrected chi connectivity index (χ0v) is 15.9. The molecular weight excluding hydrogens is 362 g/mol. The van der Waals surface area contributed by atoms with Crippen molar-refractivity contribution in [1.82, 2.24) is 4.31 Å². The van der Waals surface area contributed by atoms with Gasteiger partial charge < -0.3 is 0 Å². The summed E-state index contributed by atoms with van der Waals surface area (Å²) in [5, 5.41) is -0.909. The predicted molar refractivity (Wildman–Crippen MR) is 94.8 cm³/mol. The highest BCUT2D eigenvalue weighted by atomic mass is 32.2. The van der Waals surface area contributed by atoms with Crippen molar-refractivity contribution in [3.8, 4) is 0 Å². The maximum Gasteiger partial charge on any atom is 0.243 e. The summed E-state index contributed by atoms with van der Waals surface area (Å²) in [4.78, 5) is 11.4. The van der Waals surface area contributed by atoms with Gasteiger partial charge in [0.2, 0.25) is 10.0 Å². The molecule has 0 N–H and O–H groups in total. The predicted octanol–water partition coefficient (Wildman–Crippen LogP) is 2.01. The summed E-state index contributed by atoms with van der Waals surface area (Å²) in [7, 11) is -6.98. The fourth-order valence-electron chi connectivity index (χ4n) is 3.48. The lowest BCUT2D eigenvalue weighted by Gasteiger charge is -2.39. The molecular formula is C17H23NO5S2. The number of benzene rings is 1. The molecule has 1 saturated carbocycles. The normalized spacial score (nSPS) is 21.0. The van der Waals surface area contributed by atoms with Crippen LogP contribution in [0.4, 0.5) is 0 Å². The smallest absolute Gasteiger partial charge is 0.243 e. The SMILES string of the molecule is CC(=O)c1ccc(S(=O)(=O)N2CC(S(=O)(=O)C3CCCCC3)C2)cc1. The largest absolute Gasteiger partial charge is 0.295 e. The van der Waals surface area contributed by atoms with E-state index >= 15 is 0 Å². The third-order valence-corrected chi connectivity index (χ3v) is 9.67. The van der Waals surface area contributed by atoms with Gasteiger partial charge in [0.25, 0.3) is 0 Å². The van der Waals surface area contributed by atoms with Crippen LogP contribution in [0.3, 0.4) is 0 Å². The summed E-state index contributed by atoms with van der Waals surface area (Å²) >= 11 is 0. The van der Waals surface area contributed by atoms with Crippen LogP contribution in [-0.2, 0) is 19.9 Å². The maximum absolute atomic E-state index is 12.6. The van der Waals surface area contributed by atoms with Gasteiger partial charge in [-0.15, -0.1) is 0 Å². The molecule has 0 radical (unpaired) electrons. The van der Waals surface area contributed by atoms with Gasteiger partial charge in [-0.1, -0.05) is 31.4 Å². The number of carbonyl (C=O) groups is 1. The Morgan fingerprint density at radius 1 is 0.920 bits per heavy atom. The molecule has 0 amide bonds. The fraction of sp³-hybridized carbons (Fsp3) is 0.588. The lowest BCUT2D eigenvalue weighted by atomic mass is 10.0. The van der Waals surface area contributed by atoms with E-state index in [1.165, 1.54) is 35.5 Å². The van der Waals surface area contributed by atoms with Gasteiger partial charge in [0, 0.05) is 18.7 Å². The zero-order valence-electron chi connectivity index (χ0n) is 14.2. The van der Waals surface area contributed by atoms with Gasteiger partial charge in [-0.3, -0.25) is 4.79 Å². The monoisotopic (exact) mass is 385 g/mol. The number of nitrogens with zero attached hydrogens (tertiary/aromatic N) is 1. The Labute approximate surface area is 149 Å². The van der Waals surface area contributed by atoms with Gasteiger partial charge in [0.1, 0.15) is 0 Å². The molecule has 2 aliphatic rings. The average Bonchev–Trinajstić information content (AvgIpc) is 2.54. The highest BCUT2D eigenvalue weighted by Crippen LogP contribution is 2.32. The van der Waals surface area contributed by atoms with Crippen LogP contribution in [0.2, 0.25) is 0 Å². The van der Waals surface area contributed by atoms with E-state index in [0.29, 0.717) is 18.4 Å². The molecule has 0 aromatic heterocycles. The first-order chi connectivity index (χ1) is 11.7. The minimum absolute atomic E-state index is 0.0234. The number of carbonyl (C=O) groups excluding carboxylic acids is 1. The molecule has 1 aliphatic heterocycles. The molecule has 138 valence electrons. The van der Waals surface area contributed by atoms with Crippen LogP contribution >= 0.6 is 0 Å². The van der Waals surface area contributed by atoms with Crippen molar-refractivity contribution in [2.75, 3.05) is 13.1 Å². The van der Waals surface area contributed by atoms with Crippen molar-refractivity contribution in [1.29, 1.82) is 0 Å². The Balaban J connectivity index is 1.69. The van der Waals surface area contributed by atoms with Gasteiger partial charge in [-0.05, 0) is 31.9 Å². The van der Waals surface area contributed by atoms with Gasteiger partial charge in [0.05, 0.1) is 15.4 Å². The molecule has 1 aromatic rings. The van der Waals surface area contributed by atoms with Gasteiger partial charge in [0.15, 0.2) is 15.6 Å². The van der Waals surface area contributed by atoms with Crippen molar-refractivity contribution in [2.45, 2.75) is 54.4 Å². The van der Waals surface area contributed by atoms with Gasteiger partial charge in [-0.25, -0.2) is 16.8 Å². The number of Topliss-reactive ketones (excluding diaryl/α,β-unsaturated/α-hetero) is 1. The lowest BCUT2D eigenvalue weighted by Crippen LogP contribution is -2.58. The first kappa shape index (κ1) is 18.5.